The third-order valence-electron chi connectivity index (χ3n) is 3.83. The van der Waals surface area contributed by atoms with E-state index in [9.17, 15) is 14.0 Å². The van der Waals surface area contributed by atoms with Gasteiger partial charge in [0.15, 0.2) is 0 Å². The molecule has 0 saturated carbocycles. The van der Waals surface area contributed by atoms with Crippen LogP contribution in [0.4, 0.5) is 10.1 Å². The lowest BCUT2D eigenvalue weighted by Crippen LogP contribution is -2.38. The zero-order valence-corrected chi connectivity index (χ0v) is 15.3. The van der Waals surface area contributed by atoms with Crippen LogP contribution in [0.15, 0.2) is 42.5 Å². The van der Waals surface area contributed by atoms with E-state index in [4.69, 9.17) is 16.3 Å². The maximum absolute atomic E-state index is 13.2. The standard InChI is InChI=1S/C19H20ClFN2O3/c1-13(24)23(10-9-14-5-3-4-6-18(14)26-2)12-19(25)22-15-7-8-17(21)16(20)11-15/h3-8,11H,9-10,12H2,1-2H3,(H,22,25). The lowest BCUT2D eigenvalue weighted by Gasteiger charge is -2.21. The summed E-state index contributed by atoms with van der Waals surface area (Å²) < 4.78 is 18.5. The number of anilines is 1. The first-order valence-corrected chi connectivity index (χ1v) is 8.41. The highest BCUT2D eigenvalue weighted by Crippen LogP contribution is 2.20. The monoisotopic (exact) mass is 378 g/mol. The molecule has 0 unspecified atom stereocenters. The molecule has 0 aliphatic heterocycles. The first-order chi connectivity index (χ1) is 12.4. The van der Waals surface area contributed by atoms with E-state index in [1.807, 2.05) is 24.3 Å². The molecule has 0 aliphatic carbocycles. The van der Waals surface area contributed by atoms with Gasteiger partial charge in [0.2, 0.25) is 11.8 Å². The van der Waals surface area contributed by atoms with Crippen LogP contribution in [0.25, 0.3) is 0 Å². The topological polar surface area (TPSA) is 58.6 Å². The van der Waals surface area contributed by atoms with Crippen molar-refractivity contribution < 1.29 is 18.7 Å². The largest absolute Gasteiger partial charge is 0.496 e. The van der Waals surface area contributed by atoms with Crippen molar-refractivity contribution in [1.29, 1.82) is 0 Å². The summed E-state index contributed by atoms with van der Waals surface area (Å²) in [5.41, 5.74) is 1.32. The van der Waals surface area contributed by atoms with Crippen molar-refractivity contribution in [3.63, 3.8) is 0 Å². The average Bonchev–Trinajstić information content (AvgIpc) is 2.61. The molecular formula is C19H20ClFN2O3. The lowest BCUT2D eigenvalue weighted by molar-refractivity contribution is -0.132. The molecule has 2 aromatic rings. The fourth-order valence-corrected chi connectivity index (χ4v) is 2.64. The molecule has 2 amide bonds. The Morgan fingerprint density at radius 3 is 2.62 bits per heavy atom. The van der Waals surface area contributed by atoms with Crippen molar-refractivity contribution in [2.45, 2.75) is 13.3 Å². The molecule has 7 heteroatoms. The summed E-state index contributed by atoms with van der Waals surface area (Å²) in [6.07, 6.45) is 0.555. The first-order valence-electron chi connectivity index (χ1n) is 8.03. The van der Waals surface area contributed by atoms with Crippen LogP contribution in [-0.2, 0) is 16.0 Å². The number of methoxy groups -OCH3 is 1. The van der Waals surface area contributed by atoms with Crippen molar-refractivity contribution in [3.8, 4) is 5.75 Å². The Bertz CT molecular complexity index is 798. The zero-order chi connectivity index (χ0) is 19.1. The Morgan fingerprint density at radius 2 is 1.96 bits per heavy atom. The highest BCUT2D eigenvalue weighted by Gasteiger charge is 2.15. The van der Waals surface area contributed by atoms with Gasteiger partial charge in [0, 0.05) is 19.2 Å². The molecule has 0 aliphatic rings. The number of para-hydroxylation sites is 1. The van der Waals surface area contributed by atoms with Crippen molar-refractivity contribution in [2.24, 2.45) is 0 Å². The maximum atomic E-state index is 13.2. The van der Waals surface area contributed by atoms with E-state index in [2.05, 4.69) is 5.32 Å². The van der Waals surface area contributed by atoms with Gasteiger partial charge in [-0.25, -0.2) is 4.39 Å². The normalized spacial score (nSPS) is 10.3. The van der Waals surface area contributed by atoms with Gasteiger partial charge >= 0.3 is 0 Å². The number of hydrogen-bond donors (Lipinski definition) is 1. The van der Waals surface area contributed by atoms with Crippen LogP contribution in [0, 0.1) is 5.82 Å². The summed E-state index contributed by atoms with van der Waals surface area (Å²) in [4.78, 5) is 25.5. The molecule has 2 rings (SSSR count). The van der Waals surface area contributed by atoms with Crippen molar-refractivity contribution in [1.82, 2.24) is 4.90 Å². The highest BCUT2D eigenvalue weighted by molar-refractivity contribution is 6.31. The second-order valence-corrected chi connectivity index (χ2v) is 6.09. The number of carbonyl (C=O) groups is 2. The minimum absolute atomic E-state index is 0.0811. The van der Waals surface area contributed by atoms with Crippen molar-refractivity contribution in [3.05, 3.63) is 58.9 Å². The maximum Gasteiger partial charge on any atom is 0.243 e. The number of benzene rings is 2. The summed E-state index contributed by atoms with van der Waals surface area (Å²) in [5, 5.41) is 2.53. The lowest BCUT2D eigenvalue weighted by atomic mass is 10.1. The van der Waals surface area contributed by atoms with Gasteiger partial charge < -0.3 is 15.0 Å². The van der Waals surface area contributed by atoms with E-state index in [-0.39, 0.29) is 23.4 Å². The fraction of sp³-hybridized carbons (Fsp3) is 0.263. The minimum atomic E-state index is -0.563. The van der Waals surface area contributed by atoms with E-state index in [0.29, 0.717) is 18.7 Å². The molecule has 138 valence electrons. The number of halogens is 2. The Labute approximate surface area is 156 Å². The second kappa shape index (κ2) is 9.20. The van der Waals surface area contributed by atoms with Gasteiger partial charge in [-0.05, 0) is 36.2 Å². The van der Waals surface area contributed by atoms with E-state index in [1.165, 1.54) is 30.0 Å². The number of carbonyl (C=O) groups excluding carboxylic acids is 2. The molecule has 0 bridgehead atoms. The Balaban J connectivity index is 1.97. The molecule has 5 nitrogen and oxygen atoms in total. The smallest absolute Gasteiger partial charge is 0.243 e. The molecule has 0 atom stereocenters. The number of ether oxygens (including phenoxy) is 1. The van der Waals surface area contributed by atoms with Crippen LogP contribution in [0.1, 0.15) is 12.5 Å². The molecule has 0 heterocycles. The predicted molar refractivity (Wildman–Crippen MR) is 99.0 cm³/mol. The summed E-state index contributed by atoms with van der Waals surface area (Å²) in [6, 6.07) is 11.4. The van der Waals surface area contributed by atoms with Crippen LogP contribution < -0.4 is 10.1 Å². The second-order valence-electron chi connectivity index (χ2n) is 5.68. The third kappa shape index (κ3) is 5.46. The minimum Gasteiger partial charge on any atom is -0.496 e. The Kier molecular flexibility index (Phi) is 6.97. The third-order valence-corrected chi connectivity index (χ3v) is 4.12. The molecule has 0 fully saturated rings. The zero-order valence-electron chi connectivity index (χ0n) is 14.6. The van der Waals surface area contributed by atoms with Crippen molar-refractivity contribution in [2.75, 3.05) is 25.5 Å². The molecule has 2 aromatic carbocycles. The van der Waals surface area contributed by atoms with E-state index < -0.39 is 5.82 Å². The quantitative estimate of drug-likeness (QED) is 0.802. The first kappa shape index (κ1) is 19.7. The number of amides is 2. The van der Waals surface area contributed by atoms with Gasteiger partial charge in [0.1, 0.15) is 11.6 Å². The van der Waals surface area contributed by atoms with E-state index in [1.54, 1.807) is 7.11 Å². The SMILES string of the molecule is COc1ccccc1CCN(CC(=O)Nc1ccc(F)c(Cl)c1)C(C)=O. The highest BCUT2D eigenvalue weighted by atomic mass is 35.5. The van der Waals surface area contributed by atoms with Gasteiger partial charge in [0.25, 0.3) is 0 Å². The molecule has 0 radical (unpaired) electrons. The number of rotatable bonds is 7. The summed E-state index contributed by atoms with van der Waals surface area (Å²) in [7, 11) is 1.59. The molecule has 26 heavy (non-hydrogen) atoms. The van der Waals surface area contributed by atoms with Gasteiger partial charge in [-0.15, -0.1) is 0 Å². The van der Waals surface area contributed by atoms with Crippen LogP contribution in [0.5, 0.6) is 5.75 Å². The molecular weight excluding hydrogens is 359 g/mol. The Morgan fingerprint density at radius 1 is 1.23 bits per heavy atom. The molecule has 0 spiro atoms. The summed E-state index contributed by atoms with van der Waals surface area (Å²) in [5.74, 6) is -0.427. The van der Waals surface area contributed by atoms with E-state index in [0.717, 1.165) is 11.3 Å². The van der Waals surface area contributed by atoms with Gasteiger partial charge in [0.05, 0.1) is 18.7 Å². The Hall–Kier alpha value is -2.60. The summed E-state index contributed by atoms with van der Waals surface area (Å²) >= 11 is 5.70. The van der Waals surface area contributed by atoms with Gasteiger partial charge in [-0.3, -0.25) is 9.59 Å². The molecule has 0 aromatic heterocycles. The molecule has 0 saturated heterocycles. The van der Waals surface area contributed by atoms with Crippen molar-refractivity contribution >= 4 is 29.1 Å². The van der Waals surface area contributed by atoms with Gasteiger partial charge in [-0.1, -0.05) is 29.8 Å². The molecule has 1 N–H and O–H groups in total. The van der Waals surface area contributed by atoms with E-state index >= 15 is 0 Å². The van der Waals surface area contributed by atoms with Crippen LogP contribution >= 0.6 is 11.6 Å². The summed E-state index contributed by atoms with van der Waals surface area (Å²) in [6.45, 7) is 1.66. The number of nitrogens with zero attached hydrogens (tertiary/aromatic N) is 1. The van der Waals surface area contributed by atoms with Crippen LogP contribution in [-0.4, -0.2) is 36.9 Å². The number of hydrogen-bond acceptors (Lipinski definition) is 3. The predicted octanol–water partition coefficient (Wildman–Crippen LogP) is 3.52. The van der Waals surface area contributed by atoms with Gasteiger partial charge in [-0.2, -0.15) is 0 Å². The number of nitrogens with one attached hydrogen (secondary N) is 1. The van der Waals surface area contributed by atoms with Crippen LogP contribution in [0.3, 0.4) is 0 Å². The van der Waals surface area contributed by atoms with Crippen LogP contribution in [0.2, 0.25) is 5.02 Å². The average molecular weight is 379 g/mol. The fourth-order valence-electron chi connectivity index (χ4n) is 2.46.